The molecule has 0 heterocycles. The van der Waals surface area contributed by atoms with E-state index in [2.05, 4.69) is 26.8 Å². The predicted octanol–water partition coefficient (Wildman–Crippen LogP) is 3.98. The molecular formula is C19H24O4S. The Balaban J connectivity index is 1.84. The molecule has 24 heavy (non-hydrogen) atoms. The summed E-state index contributed by atoms with van der Waals surface area (Å²) in [5.41, 5.74) is 2.55. The first-order valence-electron chi connectivity index (χ1n) is 7.93. The van der Waals surface area contributed by atoms with Crippen molar-refractivity contribution in [2.45, 2.75) is 31.6 Å². The zero-order chi connectivity index (χ0) is 17.7. The summed E-state index contributed by atoms with van der Waals surface area (Å²) in [6, 6.07) is 12.5. The van der Waals surface area contributed by atoms with Crippen LogP contribution in [0.1, 0.15) is 30.9 Å². The molecule has 2 aromatic rings. The van der Waals surface area contributed by atoms with Gasteiger partial charge in [0.1, 0.15) is 24.7 Å². The molecule has 0 aromatic heterocycles. The number of ether oxygens (including phenoxy) is 2. The summed E-state index contributed by atoms with van der Waals surface area (Å²) < 4.78 is 34.1. The molecule has 5 heteroatoms. The Morgan fingerprint density at radius 2 is 1.46 bits per heavy atom. The Morgan fingerprint density at radius 1 is 0.917 bits per heavy atom. The van der Waals surface area contributed by atoms with E-state index in [9.17, 15) is 8.42 Å². The van der Waals surface area contributed by atoms with Crippen molar-refractivity contribution in [2.75, 3.05) is 19.5 Å². The van der Waals surface area contributed by atoms with Crippen LogP contribution < -0.4 is 9.47 Å². The summed E-state index contributed by atoms with van der Waals surface area (Å²) in [5.74, 6) is 1.95. The van der Waals surface area contributed by atoms with Crippen molar-refractivity contribution < 1.29 is 17.9 Å². The molecule has 0 radical (unpaired) electrons. The maximum absolute atomic E-state index is 11.4. The van der Waals surface area contributed by atoms with Gasteiger partial charge in [-0.2, -0.15) is 0 Å². The third-order valence-corrected chi connectivity index (χ3v) is 4.86. The Morgan fingerprint density at radius 3 is 1.96 bits per heavy atom. The van der Waals surface area contributed by atoms with E-state index in [1.54, 1.807) is 24.3 Å². The minimum Gasteiger partial charge on any atom is -0.490 e. The summed E-state index contributed by atoms with van der Waals surface area (Å²) in [4.78, 5) is 0.284. The summed E-state index contributed by atoms with van der Waals surface area (Å²) >= 11 is 0. The van der Waals surface area contributed by atoms with Crippen molar-refractivity contribution in [1.29, 1.82) is 0 Å². The molecule has 0 saturated carbocycles. The maximum atomic E-state index is 11.4. The Kier molecular flexibility index (Phi) is 5.89. The lowest BCUT2D eigenvalue weighted by Crippen LogP contribution is -2.09. The van der Waals surface area contributed by atoms with Crippen LogP contribution in [0, 0.1) is 6.92 Å². The highest BCUT2D eigenvalue weighted by atomic mass is 32.2. The van der Waals surface area contributed by atoms with E-state index < -0.39 is 9.84 Å². The fourth-order valence-electron chi connectivity index (χ4n) is 2.49. The molecule has 2 rings (SSSR count). The van der Waals surface area contributed by atoms with Crippen molar-refractivity contribution in [3.8, 4) is 11.5 Å². The van der Waals surface area contributed by atoms with Crippen molar-refractivity contribution in [2.24, 2.45) is 0 Å². The summed E-state index contributed by atoms with van der Waals surface area (Å²) in [7, 11) is -3.17. The largest absolute Gasteiger partial charge is 0.490 e. The highest BCUT2D eigenvalue weighted by Gasteiger charge is 2.07. The highest BCUT2D eigenvalue weighted by molar-refractivity contribution is 7.90. The lowest BCUT2D eigenvalue weighted by Gasteiger charge is -2.13. The molecule has 0 aliphatic heterocycles. The van der Waals surface area contributed by atoms with Crippen molar-refractivity contribution in [3.63, 3.8) is 0 Å². The number of benzene rings is 2. The van der Waals surface area contributed by atoms with Gasteiger partial charge in [0.25, 0.3) is 0 Å². The first-order valence-corrected chi connectivity index (χ1v) is 9.83. The van der Waals surface area contributed by atoms with Gasteiger partial charge in [-0.05, 0) is 60.4 Å². The maximum Gasteiger partial charge on any atom is 0.175 e. The molecule has 0 amide bonds. The molecule has 0 aliphatic rings. The predicted molar refractivity (Wildman–Crippen MR) is 95.8 cm³/mol. The minimum atomic E-state index is -3.17. The van der Waals surface area contributed by atoms with Crippen molar-refractivity contribution in [1.82, 2.24) is 0 Å². The number of sulfone groups is 1. The molecule has 0 unspecified atom stereocenters. The van der Waals surface area contributed by atoms with Crippen LogP contribution in [-0.4, -0.2) is 27.9 Å². The fraction of sp³-hybridized carbons (Fsp3) is 0.368. The number of aryl methyl sites for hydroxylation is 1. The van der Waals surface area contributed by atoms with Crippen LogP contribution in [0.4, 0.5) is 0 Å². The second-order valence-electron chi connectivity index (χ2n) is 6.11. The summed E-state index contributed by atoms with van der Waals surface area (Å²) in [6.45, 7) is 7.25. The average molecular weight is 348 g/mol. The van der Waals surface area contributed by atoms with E-state index >= 15 is 0 Å². The summed E-state index contributed by atoms with van der Waals surface area (Å²) in [6.07, 6.45) is 1.18. The SMILES string of the molecule is Cc1cc(OCCOc2ccc(S(C)(=O)=O)cc2)ccc1C(C)C. The molecule has 0 N–H and O–H groups in total. The van der Waals surface area contributed by atoms with Gasteiger partial charge < -0.3 is 9.47 Å². The smallest absolute Gasteiger partial charge is 0.175 e. The molecule has 0 bridgehead atoms. The van der Waals surface area contributed by atoms with E-state index in [1.165, 1.54) is 17.4 Å². The van der Waals surface area contributed by atoms with Gasteiger partial charge in [-0.15, -0.1) is 0 Å². The van der Waals surface area contributed by atoms with Crippen LogP contribution in [-0.2, 0) is 9.84 Å². The van der Waals surface area contributed by atoms with Crippen LogP contribution in [0.5, 0.6) is 11.5 Å². The molecule has 0 aliphatic carbocycles. The summed E-state index contributed by atoms with van der Waals surface area (Å²) in [5, 5.41) is 0. The van der Waals surface area contributed by atoms with Gasteiger partial charge in [0.15, 0.2) is 9.84 Å². The van der Waals surface area contributed by atoms with Gasteiger partial charge in [-0.3, -0.25) is 0 Å². The van der Waals surface area contributed by atoms with Crippen molar-refractivity contribution in [3.05, 3.63) is 53.6 Å². The van der Waals surface area contributed by atoms with Crippen molar-refractivity contribution >= 4 is 9.84 Å². The van der Waals surface area contributed by atoms with Crippen LogP contribution in [0.3, 0.4) is 0 Å². The minimum absolute atomic E-state index is 0.284. The standard InChI is InChI=1S/C19H24O4S/c1-14(2)19-10-7-17(13-15(19)3)23-12-11-22-16-5-8-18(9-6-16)24(4,20)21/h5-10,13-14H,11-12H2,1-4H3. The molecule has 0 atom stereocenters. The van der Waals surface area contributed by atoms with Gasteiger partial charge in [0.05, 0.1) is 4.90 Å². The molecule has 0 spiro atoms. The number of hydrogen-bond acceptors (Lipinski definition) is 4. The first kappa shape index (κ1) is 18.3. The van der Waals surface area contributed by atoms with E-state index in [-0.39, 0.29) is 4.90 Å². The normalized spacial score (nSPS) is 11.5. The highest BCUT2D eigenvalue weighted by Crippen LogP contribution is 2.23. The Labute approximate surface area is 144 Å². The van der Waals surface area contributed by atoms with E-state index in [1.807, 2.05) is 12.1 Å². The second-order valence-corrected chi connectivity index (χ2v) is 8.13. The second kappa shape index (κ2) is 7.71. The lowest BCUT2D eigenvalue weighted by atomic mass is 9.98. The van der Waals surface area contributed by atoms with E-state index in [4.69, 9.17) is 9.47 Å². The number of rotatable bonds is 7. The lowest BCUT2D eigenvalue weighted by molar-refractivity contribution is 0.217. The molecular weight excluding hydrogens is 324 g/mol. The number of hydrogen-bond donors (Lipinski definition) is 0. The zero-order valence-corrected chi connectivity index (χ0v) is 15.4. The topological polar surface area (TPSA) is 52.6 Å². The molecule has 4 nitrogen and oxygen atoms in total. The van der Waals surface area contributed by atoms with Crippen LogP contribution in [0.15, 0.2) is 47.4 Å². The van der Waals surface area contributed by atoms with Crippen LogP contribution in [0.25, 0.3) is 0 Å². The molecule has 0 fully saturated rings. The Bertz CT molecular complexity index is 778. The Hall–Kier alpha value is -2.01. The molecule has 2 aromatic carbocycles. The third-order valence-electron chi connectivity index (χ3n) is 3.74. The quantitative estimate of drug-likeness (QED) is 0.710. The average Bonchev–Trinajstić information content (AvgIpc) is 2.51. The van der Waals surface area contributed by atoms with Gasteiger partial charge in [0, 0.05) is 6.26 Å². The third kappa shape index (κ3) is 4.99. The zero-order valence-electron chi connectivity index (χ0n) is 14.6. The van der Waals surface area contributed by atoms with Gasteiger partial charge >= 0.3 is 0 Å². The van der Waals surface area contributed by atoms with Crippen LogP contribution >= 0.6 is 0 Å². The fourth-order valence-corrected chi connectivity index (χ4v) is 3.12. The van der Waals surface area contributed by atoms with E-state index in [0.717, 1.165) is 5.75 Å². The van der Waals surface area contributed by atoms with E-state index in [0.29, 0.717) is 24.9 Å². The van der Waals surface area contributed by atoms with Crippen LogP contribution in [0.2, 0.25) is 0 Å². The monoisotopic (exact) mass is 348 g/mol. The first-order chi connectivity index (χ1) is 11.3. The molecule has 0 saturated heterocycles. The van der Waals surface area contributed by atoms with Gasteiger partial charge in [0.2, 0.25) is 0 Å². The van der Waals surface area contributed by atoms with Gasteiger partial charge in [-0.25, -0.2) is 8.42 Å². The molecule has 130 valence electrons. The van der Waals surface area contributed by atoms with Gasteiger partial charge in [-0.1, -0.05) is 19.9 Å².